The number of ether oxygens (including phenoxy) is 5. The molecule has 0 fully saturated rings. The first-order valence-corrected chi connectivity index (χ1v) is 9.16. The second kappa shape index (κ2) is 10.5. The van der Waals surface area contributed by atoms with Crippen LogP contribution in [0.5, 0.6) is 11.5 Å². The molecule has 1 heterocycles. The Bertz CT molecular complexity index is 766. The summed E-state index contributed by atoms with van der Waals surface area (Å²) in [7, 11) is 5.71. The average molecular weight is 405 g/mol. The fraction of sp³-hybridized carbons (Fsp3) is 0.429. The van der Waals surface area contributed by atoms with Crippen molar-refractivity contribution in [1.29, 1.82) is 0 Å². The Hall–Kier alpha value is -3.00. The van der Waals surface area contributed by atoms with E-state index in [1.807, 2.05) is 6.92 Å². The minimum absolute atomic E-state index is 0.303. The van der Waals surface area contributed by atoms with E-state index in [4.69, 9.17) is 23.7 Å². The van der Waals surface area contributed by atoms with E-state index in [1.54, 1.807) is 42.6 Å². The van der Waals surface area contributed by atoms with Crippen molar-refractivity contribution in [1.82, 2.24) is 4.90 Å². The molecule has 158 valence electrons. The third-order valence-corrected chi connectivity index (χ3v) is 4.45. The lowest BCUT2D eigenvalue weighted by Gasteiger charge is -2.30. The molecule has 0 atom stereocenters. The summed E-state index contributed by atoms with van der Waals surface area (Å²) in [6.07, 6.45) is 3.32. The van der Waals surface area contributed by atoms with Crippen molar-refractivity contribution in [3.63, 3.8) is 0 Å². The fourth-order valence-electron chi connectivity index (χ4n) is 3.11. The second-order valence-electron chi connectivity index (χ2n) is 6.16. The van der Waals surface area contributed by atoms with Crippen LogP contribution in [0.2, 0.25) is 0 Å². The summed E-state index contributed by atoms with van der Waals surface area (Å²) in [5.74, 6) is -0.694. The van der Waals surface area contributed by atoms with E-state index in [1.165, 1.54) is 21.3 Å². The molecule has 0 unspecified atom stereocenters. The first kappa shape index (κ1) is 22.3. The van der Waals surface area contributed by atoms with Gasteiger partial charge in [-0.25, -0.2) is 9.59 Å². The standard InChI is InChI=1S/C21H27NO7/c1-6-29-17-8-7-14(11-18(17)26-3)19-15(20(23)27-4)12-22(9-10-25-2)13-16(19)21(24)28-5/h7-8,11-13,19H,6,9-10H2,1-5H3. The Balaban J connectivity index is 2.58. The molecule has 8 heteroatoms. The van der Waals surface area contributed by atoms with Crippen molar-refractivity contribution in [2.45, 2.75) is 12.8 Å². The number of esters is 2. The van der Waals surface area contributed by atoms with Gasteiger partial charge in [0.05, 0.1) is 51.6 Å². The number of methoxy groups -OCH3 is 4. The zero-order valence-corrected chi connectivity index (χ0v) is 17.4. The predicted molar refractivity (Wildman–Crippen MR) is 106 cm³/mol. The van der Waals surface area contributed by atoms with Crippen molar-refractivity contribution >= 4 is 11.9 Å². The van der Waals surface area contributed by atoms with E-state index in [0.717, 1.165) is 0 Å². The molecule has 29 heavy (non-hydrogen) atoms. The van der Waals surface area contributed by atoms with Crippen LogP contribution in [0.25, 0.3) is 0 Å². The summed E-state index contributed by atoms with van der Waals surface area (Å²) < 4.78 is 26.0. The molecule has 0 bridgehead atoms. The van der Waals surface area contributed by atoms with Crippen LogP contribution < -0.4 is 9.47 Å². The Labute approximate surface area is 170 Å². The van der Waals surface area contributed by atoms with Crippen LogP contribution in [0.4, 0.5) is 0 Å². The van der Waals surface area contributed by atoms with Gasteiger partial charge in [-0.3, -0.25) is 0 Å². The molecule has 0 spiro atoms. The quantitative estimate of drug-likeness (QED) is 0.579. The highest BCUT2D eigenvalue weighted by atomic mass is 16.5. The second-order valence-corrected chi connectivity index (χ2v) is 6.16. The smallest absolute Gasteiger partial charge is 0.336 e. The largest absolute Gasteiger partial charge is 0.493 e. The molecule has 0 aliphatic carbocycles. The lowest BCUT2D eigenvalue weighted by atomic mass is 9.83. The van der Waals surface area contributed by atoms with Crippen molar-refractivity contribution in [2.24, 2.45) is 0 Å². The number of benzene rings is 1. The molecule has 1 aromatic carbocycles. The summed E-state index contributed by atoms with van der Waals surface area (Å²) in [5.41, 5.74) is 1.28. The highest BCUT2D eigenvalue weighted by molar-refractivity contribution is 5.98. The summed E-state index contributed by atoms with van der Waals surface area (Å²) in [6, 6.07) is 5.28. The predicted octanol–water partition coefficient (Wildman–Crippen LogP) is 2.25. The van der Waals surface area contributed by atoms with Gasteiger partial charge in [0.15, 0.2) is 11.5 Å². The van der Waals surface area contributed by atoms with Crippen LogP contribution >= 0.6 is 0 Å². The Morgan fingerprint density at radius 2 is 1.59 bits per heavy atom. The molecule has 8 nitrogen and oxygen atoms in total. The van der Waals surface area contributed by atoms with Gasteiger partial charge in [-0.2, -0.15) is 0 Å². The van der Waals surface area contributed by atoms with Crippen molar-refractivity contribution in [2.75, 3.05) is 48.2 Å². The number of carbonyl (C=O) groups is 2. The number of hydrogen-bond donors (Lipinski definition) is 0. The van der Waals surface area contributed by atoms with Gasteiger partial charge in [0.25, 0.3) is 0 Å². The van der Waals surface area contributed by atoms with Gasteiger partial charge in [0.1, 0.15) is 0 Å². The van der Waals surface area contributed by atoms with Gasteiger partial charge in [0.2, 0.25) is 0 Å². The van der Waals surface area contributed by atoms with Gasteiger partial charge in [-0.1, -0.05) is 6.07 Å². The fourth-order valence-corrected chi connectivity index (χ4v) is 3.11. The molecule has 0 radical (unpaired) electrons. The first-order chi connectivity index (χ1) is 14.0. The van der Waals surface area contributed by atoms with E-state index in [0.29, 0.717) is 48.0 Å². The zero-order valence-electron chi connectivity index (χ0n) is 17.4. The third-order valence-electron chi connectivity index (χ3n) is 4.45. The highest BCUT2D eigenvalue weighted by Crippen LogP contribution is 2.40. The minimum Gasteiger partial charge on any atom is -0.493 e. The Morgan fingerprint density at radius 1 is 0.966 bits per heavy atom. The normalized spacial score (nSPS) is 14.0. The molecule has 0 saturated heterocycles. The van der Waals surface area contributed by atoms with Gasteiger partial charge in [0, 0.05) is 26.1 Å². The molecule has 1 aromatic rings. The molecule has 2 rings (SSSR count). The number of rotatable bonds is 9. The van der Waals surface area contributed by atoms with Gasteiger partial charge < -0.3 is 28.6 Å². The average Bonchev–Trinajstić information content (AvgIpc) is 2.76. The van der Waals surface area contributed by atoms with E-state index < -0.39 is 17.9 Å². The lowest BCUT2D eigenvalue weighted by Crippen LogP contribution is -2.30. The molecule has 1 aliphatic heterocycles. The lowest BCUT2D eigenvalue weighted by molar-refractivity contribution is -0.137. The number of carbonyl (C=O) groups excluding carboxylic acids is 2. The van der Waals surface area contributed by atoms with E-state index in [2.05, 4.69) is 0 Å². The Morgan fingerprint density at radius 3 is 2.07 bits per heavy atom. The van der Waals surface area contributed by atoms with Crippen LogP contribution in [-0.4, -0.2) is 65.0 Å². The maximum absolute atomic E-state index is 12.6. The molecule has 1 aliphatic rings. The van der Waals surface area contributed by atoms with Crippen LogP contribution in [0.3, 0.4) is 0 Å². The third kappa shape index (κ3) is 5.08. The Kier molecular flexibility index (Phi) is 8.09. The van der Waals surface area contributed by atoms with Crippen LogP contribution in [0.1, 0.15) is 18.4 Å². The molecule has 0 amide bonds. The number of nitrogens with zero attached hydrogens (tertiary/aromatic N) is 1. The summed E-state index contributed by atoms with van der Waals surface area (Å²) in [5, 5.41) is 0. The summed E-state index contributed by atoms with van der Waals surface area (Å²) in [6.45, 7) is 3.22. The maximum Gasteiger partial charge on any atom is 0.336 e. The molecule has 0 saturated carbocycles. The summed E-state index contributed by atoms with van der Waals surface area (Å²) in [4.78, 5) is 26.8. The van der Waals surface area contributed by atoms with Crippen molar-refractivity contribution in [3.05, 3.63) is 47.3 Å². The minimum atomic E-state index is -0.682. The van der Waals surface area contributed by atoms with E-state index in [9.17, 15) is 9.59 Å². The van der Waals surface area contributed by atoms with Crippen molar-refractivity contribution in [3.8, 4) is 11.5 Å². The van der Waals surface area contributed by atoms with E-state index in [-0.39, 0.29) is 0 Å². The zero-order chi connectivity index (χ0) is 21.4. The van der Waals surface area contributed by atoms with Gasteiger partial charge in [-0.15, -0.1) is 0 Å². The monoisotopic (exact) mass is 405 g/mol. The molecule has 0 aromatic heterocycles. The molecule has 0 N–H and O–H groups in total. The molecular formula is C21H27NO7. The topological polar surface area (TPSA) is 83.5 Å². The number of hydrogen-bond acceptors (Lipinski definition) is 8. The van der Waals surface area contributed by atoms with Gasteiger partial charge in [-0.05, 0) is 24.6 Å². The van der Waals surface area contributed by atoms with Gasteiger partial charge >= 0.3 is 11.9 Å². The van der Waals surface area contributed by atoms with Crippen LogP contribution in [0, 0.1) is 0 Å². The SMILES string of the molecule is CCOc1ccc(C2C(C(=O)OC)=CN(CCOC)C=C2C(=O)OC)cc1OC. The summed E-state index contributed by atoms with van der Waals surface area (Å²) >= 11 is 0. The first-order valence-electron chi connectivity index (χ1n) is 9.16. The van der Waals surface area contributed by atoms with Crippen molar-refractivity contribution < 1.29 is 33.3 Å². The van der Waals surface area contributed by atoms with E-state index >= 15 is 0 Å². The maximum atomic E-state index is 12.6. The highest BCUT2D eigenvalue weighted by Gasteiger charge is 2.35. The van der Waals surface area contributed by atoms with Crippen LogP contribution in [-0.2, 0) is 23.8 Å². The van der Waals surface area contributed by atoms with Crippen LogP contribution in [0.15, 0.2) is 41.7 Å². The molecular weight excluding hydrogens is 378 g/mol.